The average molecular weight is 200 g/mol. The van der Waals surface area contributed by atoms with Crippen LogP contribution in [0.1, 0.15) is 12.8 Å². The minimum atomic E-state index is 0.284. The van der Waals surface area contributed by atoms with Crippen LogP contribution < -0.4 is 5.73 Å². The molecule has 0 unspecified atom stereocenters. The van der Waals surface area contributed by atoms with Gasteiger partial charge in [0.2, 0.25) is 0 Å². The molecule has 0 aromatic rings. The Kier molecular flexibility index (Phi) is 4.16. The molecule has 0 spiro atoms. The van der Waals surface area contributed by atoms with Crippen molar-refractivity contribution in [1.29, 1.82) is 0 Å². The third-order valence-corrected chi connectivity index (χ3v) is 2.85. The number of oxime groups is 1. The maximum absolute atomic E-state index is 8.45. The highest BCUT2D eigenvalue weighted by molar-refractivity contribution is 5.81. The van der Waals surface area contributed by atoms with Gasteiger partial charge in [-0.05, 0) is 40.0 Å². The van der Waals surface area contributed by atoms with Crippen LogP contribution in [0.2, 0.25) is 0 Å². The van der Waals surface area contributed by atoms with E-state index in [1.807, 2.05) is 7.05 Å². The van der Waals surface area contributed by atoms with Gasteiger partial charge in [-0.3, -0.25) is 4.90 Å². The monoisotopic (exact) mass is 200 g/mol. The second kappa shape index (κ2) is 5.17. The van der Waals surface area contributed by atoms with E-state index in [0.29, 0.717) is 12.6 Å². The summed E-state index contributed by atoms with van der Waals surface area (Å²) in [5.74, 6) is 0.284. The summed E-state index contributed by atoms with van der Waals surface area (Å²) in [6.45, 7) is 2.81. The summed E-state index contributed by atoms with van der Waals surface area (Å²) in [7, 11) is 4.16. The topological polar surface area (TPSA) is 65.1 Å². The molecule has 0 aromatic carbocycles. The van der Waals surface area contributed by atoms with Crippen molar-refractivity contribution in [2.45, 2.75) is 18.9 Å². The number of nitrogens with zero attached hydrogens (tertiary/aromatic N) is 3. The summed E-state index contributed by atoms with van der Waals surface area (Å²) in [5, 5.41) is 11.4. The summed E-state index contributed by atoms with van der Waals surface area (Å²) in [6.07, 6.45) is 2.32. The highest BCUT2D eigenvalue weighted by Gasteiger charge is 2.20. The number of amidine groups is 1. The normalized spacial score (nSPS) is 21.8. The molecule has 1 fully saturated rings. The van der Waals surface area contributed by atoms with Crippen LogP contribution in [0.4, 0.5) is 0 Å². The SMILES string of the molecule is CN1CCC(N(C)C/C(N)=N/O)CC1. The predicted octanol–water partition coefficient (Wildman–Crippen LogP) is -0.241. The Morgan fingerprint density at radius 3 is 2.64 bits per heavy atom. The van der Waals surface area contributed by atoms with Crippen molar-refractivity contribution in [2.75, 3.05) is 33.7 Å². The predicted molar refractivity (Wildman–Crippen MR) is 56.6 cm³/mol. The molecule has 5 heteroatoms. The van der Waals surface area contributed by atoms with E-state index in [1.165, 1.54) is 0 Å². The number of rotatable bonds is 3. The van der Waals surface area contributed by atoms with Gasteiger partial charge in [0.25, 0.3) is 0 Å². The number of hydrogen-bond acceptors (Lipinski definition) is 4. The minimum absolute atomic E-state index is 0.284. The van der Waals surface area contributed by atoms with E-state index < -0.39 is 0 Å². The maximum atomic E-state index is 8.45. The van der Waals surface area contributed by atoms with Crippen LogP contribution in [0.15, 0.2) is 5.16 Å². The van der Waals surface area contributed by atoms with E-state index >= 15 is 0 Å². The molecular weight excluding hydrogens is 180 g/mol. The van der Waals surface area contributed by atoms with E-state index in [4.69, 9.17) is 10.9 Å². The molecule has 0 aromatic heterocycles. The molecular formula is C9H20N4O. The lowest BCUT2D eigenvalue weighted by Gasteiger charge is -2.34. The van der Waals surface area contributed by atoms with Crippen molar-refractivity contribution >= 4 is 5.84 Å². The van der Waals surface area contributed by atoms with Crippen molar-refractivity contribution < 1.29 is 5.21 Å². The van der Waals surface area contributed by atoms with Crippen molar-refractivity contribution in [3.05, 3.63) is 0 Å². The van der Waals surface area contributed by atoms with Gasteiger partial charge in [0.1, 0.15) is 0 Å². The first-order valence-corrected chi connectivity index (χ1v) is 4.98. The number of likely N-dealkylation sites (tertiary alicyclic amines) is 1. The fourth-order valence-corrected chi connectivity index (χ4v) is 1.85. The molecule has 1 aliphatic rings. The van der Waals surface area contributed by atoms with Crippen LogP contribution in [-0.4, -0.2) is 60.6 Å². The zero-order chi connectivity index (χ0) is 10.6. The number of hydrogen-bond donors (Lipinski definition) is 2. The van der Waals surface area contributed by atoms with Gasteiger partial charge in [0.15, 0.2) is 5.84 Å². The fraction of sp³-hybridized carbons (Fsp3) is 0.889. The molecule has 82 valence electrons. The van der Waals surface area contributed by atoms with Crippen LogP contribution in [0.5, 0.6) is 0 Å². The van der Waals surface area contributed by atoms with Gasteiger partial charge in [0, 0.05) is 6.04 Å². The highest BCUT2D eigenvalue weighted by atomic mass is 16.4. The zero-order valence-corrected chi connectivity index (χ0v) is 8.98. The third-order valence-electron chi connectivity index (χ3n) is 2.85. The van der Waals surface area contributed by atoms with Gasteiger partial charge < -0.3 is 15.8 Å². The summed E-state index contributed by atoms with van der Waals surface area (Å²) in [5.41, 5.74) is 5.46. The molecule has 1 saturated heterocycles. The molecule has 3 N–H and O–H groups in total. The molecule has 1 heterocycles. The standard InChI is InChI=1S/C9H20N4O/c1-12-5-3-8(4-6-12)13(2)7-9(10)11-14/h8,14H,3-7H2,1-2H3,(H2,10,11). The lowest BCUT2D eigenvalue weighted by Crippen LogP contribution is -2.44. The molecule has 0 bridgehead atoms. The first-order chi connectivity index (χ1) is 6.63. The molecule has 0 amide bonds. The van der Waals surface area contributed by atoms with Crippen molar-refractivity contribution in [3.8, 4) is 0 Å². The van der Waals surface area contributed by atoms with E-state index in [2.05, 4.69) is 22.0 Å². The van der Waals surface area contributed by atoms with Crippen LogP contribution in [-0.2, 0) is 0 Å². The zero-order valence-electron chi connectivity index (χ0n) is 8.98. The van der Waals surface area contributed by atoms with E-state index in [9.17, 15) is 0 Å². The molecule has 0 saturated carbocycles. The van der Waals surface area contributed by atoms with Gasteiger partial charge in [-0.25, -0.2) is 0 Å². The molecule has 14 heavy (non-hydrogen) atoms. The fourth-order valence-electron chi connectivity index (χ4n) is 1.85. The molecule has 1 aliphatic heterocycles. The van der Waals surface area contributed by atoms with Gasteiger partial charge in [0.05, 0.1) is 6.54 Å². The Balaban J connectivity index is 2.34. The first kappa shape index (κ1) is 11.3. The molecule has 5 nitrogen and oxygen atoms in total. The quantitative estimate of drug-likeness (QED) is 0.285. The molecule has 0 radical (unpaired) electrons. The van der Waals surface area contributed by atoms with Crippen LogP contribution in [0.3, 0.4) is 0 Å². The Bertz CT molecular complexity index is 199. The van der Waals surface area contributed by atoms with Gasteiger partial charge in [-0.15, -0.1) is 0 Å². The van der Waals surface area contributed by atoms with Crippen LogP contribution >= 0.6 is 0 Å². The van der Waals surface area contributed by atoms with Gasteiger partial charge >= 0.3 is 0 Å². The molecule has 1 rings (SSSR count). The summed E-state index contributed by atoms with van der Waals surface area (Å²) < 4.78 is 0. The van der Waals surface area contributed by atoms with Crippen molar-refractivity contribution in [1.82, 2.24) is 9.80 Å². The van der Waals surface area contributed by atoms with E-state index in [1.54, 1.807) is 0 Å². The number of likely N-dealkylation sites (N-methyl/N-ethyl adjacent to an activating group) is 1. The molecule has 0 atom stereocenters. The summed E-state index contributed by atoms with van der Waals surface area (Å²) in [4.78, 5) is 4.48. The van der Waals surface area contributed by atoms with E-state index in [0.717, 1.165) is 25.9 Å². The summed E-state index contributed by atoms with van der Waals surface area (Å²) in [6, 6.07) is 0.562. The smallest absolute Gasteiger partial charge is 0.153 e. The number of piperidine rings is 1. The lowest BCUT2D eigenvalue weighted by atomic mass is 10.0. The second-order valence-electron chi connectivity index (χ2n) is 4.04. The lowest BCUT2D eigenvalue weighted by molar-refractivity contribution is 0.156. The highest BCUT2D eigenvalue weighted by Crippen LogP contribution is 2.13. The minimum Gasteiger partial charge on any atom is -0.409 e. The largest absolute Gasteiger partial charge is 0.409 e. The summed E-state index contributed by atoms with van der Waals surface area (Å²) >= 11 is 0. The maximum Gasteiger partial charge on any atom is 0.153 e. The van der Waals surface area contributed by atoms with Gasteiger partial charge in [-0.2, -0.15) is 0 Å². The molecule has 0 aliphatic carbocycles. The van der Waals surface area contributed by atoms with E-state index in [-0.39, 0.29) is 5.84 Å². The van der Waals surface area contributed by atoms with Crippen molar-refractivity contribution in [3.63, 3.8) is 0 Å². The first-order valence-electron chi connectivity index (χ1n) is 4.98. The average Bonchev–Trinajstić information content (AvgIpc) is 2.18. The Morgan fingerprint density at radius 2 is 2.14 bits per heavy atom. The second-order valence-corrected chi connectivity index (χ2v) is 4.04. The van der Waals surface area contributed by atoms with Crippen LogP contribution in [0.25, 0.3) is 0 Å². The van der Waals surface area contributed by atoms with Gasteiger partial charge in [-0.1, -0.05) is 5.16 Å². The van der Waals surface area contributed by atoms with Crippen molar-refractivity contribution in [2.24, 2.45) is 10.9 Å². The number of nitrogens with two attached hydrogens (primary N) is 1. The van der Waals surface area contributed by atoms with Crippen LogP contribution in [0, 0.1) is 0 Å². The Labute approximate surface area is 85.2 Å². The Hall–Kier alpha value is -0.810. The Morgan fingerprint density at radius 1 is 1.57 bits per heavy atom. The third kappa shape index (κ3) is 3.16.